The summed E-state index contributed by atoms with van der Waals surface area (Å²) in [7, 11) is 0. The lowest BCUT2D eigenvalue weighted by atomic mass is 9.89. The maximum Gasteiger partial charge on any atom is 0.329 e. The molecule has 2 amide bonds. The SMILES string of the molecule is CC(C)CN(CCC#N)C(=O)N1CCCCC1(C)C(=O)O. The van der Waals surface area contributed by atoms with Gasteiger partial charge in [-0.15, -0.1) is 0 Å². The Labute approximate surface area is 126 Å². The van der Waals surface area contributed by atoms with Crippen molar-refractivity contribution in [2.45, 2.75) is 52.0 Å². The number of amides is 2. The lowest BCUT2D eigenvalue weighted by molar-refractivity contribution is -0.150. The maximum atomic E-state index is 12.7. The molecule has 1 saturated heterocycles. The number of piperidine rings is 1. The molecule has 0 spiro atoms. The molecular weight excluding hydrogens is 270 g/mol. The average molecular weight is 295 g/mol. The van der Waals surface area contributed by atoms with Crippen LogP contribution in [0.3, 0.4) is 0 Å². The standard InChI is InChI=1S/C15H25N3O3/c1-12(2)11-17(9-6-8-16)14(21)18-10-5-4-7-15(18,3)13(19)20/h12H,4-7,9-11H2,1-3H3,(H,19,20). The smallest absolute Gasteiger partial charge is 0.329 e. The third-order valence-corrected chi connectivity index (χ3v) is 3.93. The molecule has 0 aromatic rings. The van der Waals surface area contributed by atoms with Crippen LogP contribution < -0.4 is 0 Å². The van der Waals surface area contributed by atoms with Gasteiger partial charge in [0.2, 0.25) is 0 Å². The van der Waals surface area contributed by atoms with E-state index in [2.05, 4.69) is 0 Å². The van der Waals surface area contributed by atoms with Gasteiger partial charge in [0.25, 0.3) is 0 Å². The van der Waals surface area contributed by atoms with E-state index in [-0.39, 0.29) is 18.4 Å². The number of likely N-dealkylation sites (tertiary alicyclic amines) is 1. The monoisotopic (exact) mass is 295 g/mol. The normalized spacial score (nSPS) is 22.0. The Bertz CT molecular complexity index is 430. The summed E-state index contributed by atoms with van der Waals surface area (Å²) < 4.78 is 0. The molecule has 1 heterocycles. The van der Waals surface area contributed by atoms with E-state index in [1.807, 2.05) is 19.9 Å². The molecule has 0 aromatic carbocycles. The molecule has 1 N–H and O–H groups in total. The first kappa shape index (κ1) is 17.3. The van der Waals surface area contributed by atoms with Crippen LogP contribution in [-0.2, 0) is 4.79 Å². The van der Waals surface area contributed by atoms with Crippen LogP contribution in [0.4, 0.5) is 4.79 Å². The fourth-order valence-corrected chi connectivity index (χ4v) is 2.71. The van der Waals surface area contributed by atoms with E-state index in [9.17, 15) is 14.7 Å². The van der Waals surface area contributed by atoms with Crippen molar-refractivity contribution in [2.24, 2.45) is 5.92 Å². The molecule has 21 heavy (non-hydrogen) atoms. The van der Waals surface area contributed by atoms with Crippen LogP contribution in [-0.4, -0.2) is 52.1 Å². The molecule has 0 aliphatic carbocycles. The van der Waals surface area contributed by atoms with Crippen molar-refractivity contribution in [3.05, 3.63) is 0 Å². The highest BCUT2D eigenvalue weighted by Gasteiger charge is 2.45. The Balaban J connectivity index is 2.94. The molecule has 0 bridgehead atoms. The van der Waals surface area contributed by atoms with Gasteiger partial charge in [0, 0.05) is 19.6 Å². The minimum absolute atomic E-state index is 0.260. The van der Waals surface area contributed by atoms with Crippen LogP contribution in [0.1, 0.15) is 46.5 Å². The molecule has 118 valence electrons. The Morgan fingerprint density at radius 3 is 2.62 bits per heavy atom. The van der Waals surface area contributed by atoms with Crippen molar-refractivity contribution in [3.63, 3.8) is 0 Å². The van der Waals surface area contributed by atoms with Gasteiger partial charge in [-0.1, -0.05) is 13.8 Å². The topological polar surface area (TPSA) is 84.6 Å². The van der Waals surface area contributed by atoms with Gasteiger partial charge in [-0.25, -0.2) is 9.59 Å². The van der Waals surface area contributed by atoms with Crippen LogP contribution in [0.25, 0.3) is 0 Å². The summed E-state index contributed by atoms with van der Waals surface area (Å²) in [5.74, 6) is -0.686. The van der Waals surface area contributed by atoms with E-state index in [0.29, 0.717) is 26.1 Å². The van der Waals surface area contributed by atoms with Gasteiger partial charge in [-0.05, 0) is 32.1 Å². The van der Waals surface area contributed by atoms with Crippen LogP contribution in [0.15, 0.2) is 0 Å². The van der Waals surface area contributed by atoms with Gasteiger partial charge in [-0.2, -0.15) is 5.26 Å². The molecule has 1 unspecified atom stereocenters. The number of nitrogens with zero attached hydrogens (tertiary/aromatic N) is 3. The van der Waals surface area contributed by atoms with Crippen molar-refractivity contribution < 1.29 is 14.7 Å². The first-order valence-electron chi connectivity index (χ1n) is 7.50. The van der Waals surface area contributed by atoms with E-state index in [1.165, 1.54) is 4.90 Å². The second kappa shape index (κ2) is 7.30. The Morgan fingerprint density at radius 2 is 2.10 bits per heavy atom. The summed E-state index contributed by atoms with van der Waals surface area (Å²) in [5, 5.41) is 18.2. The number of urea groups is 1. The number of carboxylic acids is 1. The number of hydrogen-bond donors (Lipinski definition) is 1. The number of carbonyl (C=O) groups is 2. The predicted molar refractivity (Wildman–Crippen MR) is 78.6 cm³/mol. The van der Waals surface area contributed by atoms with Crippen LogP contribution in [0.5, 0.6) is 0 Å². The maximum absolute atomic E-state index is 12.7. The summed E-state index contributed by atoms with van der Waals surface area (Å²) >= 11 is 0. The average Bonchev–Trinajstić information content (AvgIpc) is 2.42. The zero-order valence-electron chi connectivity index (χ0n) is 13.1. The Kier molecular flexibility index (Phi) is 6.01. The van der Waals surface area contributed by atoms with Gasteiger partial charge in [-0.3, -0.25) is 0 Å². The van der Waals surface area contributed by atoms with Crippen molar-refractivity contribution in [1.82, 2.24) is 9.80 Å². The third-order valence-electron chi connectivity index (χ3n) is 3.93. The number of aliphatic carboxylic acids is 1. The zero-order chi connectivity index (χ0) is 16.0. The van der Waals surface area contributed by atoms with Crippen molar-refractivity contribution >= 4 is 12.0 Å². The summed E-state index contributed by atoms with van der Waals surface area (Å²) in [6.45, 7) is 6.96. The van der Waals surface area contributed by atoms with Crippen molar-refractivity contribution in [2.75, 3.05) is 19.6 Å². The molecule has 0 aromatic heterocycles. The molecule has 1 fully saturated rings. The predicted octanol–water partition coefficient (Wildman–Crippen LogP) is 2.31. The second-order valence-electron chi connectivity index (χ2n) is 6.22. The van der Waals surface area contributed by atoms with Gasteiger partial charge < -0.3 is 14.9 Å². The van der Waals surface area contributed by atoms with E-state index >= 15 is 0 Å². The fraction of sp³-hybridized carbons (Fsp3) is 0.800. The van der Waals surface area contributed by atoms with Gasteiger partial charge >= 0.3 is 12.0 Å². The quantitative estimate of drug-likeness (QED) is 0.843. The van der Waals surface area contributed by atoms with E-state index < -0.39 is 11.5 Å². The zero-order valence-corrected chi connectivity index (χ0v) is 13.1. The molecule has 1 aliphatic heterocycles. The summed E-state index contributed by atoms with van der Waals surface area (Å²) in [4.78, 5) is 27.4. The molecule has 1 rings (SSSR count). The first-order chi connectivity index (χ1) is 9.82. The molecule has 0 radical (unpaired) electrons. The van der Waals surface area contributed by atoms with Gasteiger partial charge in [0.15, 0.2) is 0 Å². The number of rotatable bonds is 5. The number of carbonyl (C=O) groups excluding carboxylic acids is 1. The van der Waals surface area contributed by atoms with Gasteiger partial charge in [0.05, 0.1) is 12.5 Å². The lowest BCUT2D eigenvalue weighted by Gasteiger charge is -2.44. The summed E-state index contributed by atoms with van der Waals surface area (Å²) in [6.07, 6.45) is 2.37. The fourth-order valence-electron chi connectivity index (χ4n) is 2.71. The highest BCUT2D eigenvalue weighted by molar-refractivity contribution is 5.86. The van der Waals surface area contributed by atoms with E-state index in [0.717, 1.165) is 12.8 Å². The molecule has 6 nitrogen and oxygen atoms in total. The molecule has 1 aliphatic rings. The lowest BCUT2D eigenvalue weighted by Crippen LogP contribution is -2.61. The third kappa shape index (κ3) is 4.10. The molecular formula is C15H25N3O3. The van der Waals surface area contributed by atoms with Crippen molar-refractivity contribution in [3.8, 4) is 6.07 Å². The van der Waals surface area contributed by atoms with Gasteiger partial charge in [0.1, 0.15) is 5.54 Å². The first-order valence-corrected chi connectivity index (χ1v) is 7.50. The minimum atomic E-state index is -1.14. The Morgan fingerprint density at radius 1 is 1.43 bits per heavy atom. The Hall–Kier alpha value is -1.77. The number of nitriles is 1. The van der Waals surface area contributed by atoms with Crippen LogP contribution in [0.2, 0.25) is 0 Å². The highest BCUT2D eigenvalue weighted by Crippen LogP contribution is 2.29. The second-order valence-corrected chi connectivity index (χ2v) is 6.22. The van der Waals surface area contributed by atoms with E-state index in [4.69, 9.17) is 5.26 Å². The van der Waals surface area contributed by atoms with Crippen molar-refractivity contribution in [1.29, 1.82) is 5.26 Å². The summed E-state index contributed by atoms with van der Waals surface area (Å²) in [5.41, 5.74) is -1.14. The highest BCUT2D eigenvalue weighted by atomic mass is 16.4. The number of carboxylic acid groups (broad SMARTS) is 1. The molecule has 6 heteroatoms. The number of hydrogen-bond acceptors (Lipinski definition) is 3. The molecule has 0 saturated carbocycles. The minimum Gasteiger partial charge on any atom is -0.480 e. The summed E-state index contributed by atoms with van der Waals surface area (Å²) in [6, 6.07) is 1.78. The largest absolute Gasteiger partial charge is 0.480 e. The molecule has 1 atom stereocenters. The van der Waals surface area contributed by atoms with Crippen LogP contribution in [0, 0.1) is 17.2 Å². The van der Waals surface area contributed by atoms with Crippen LogP contribution >= 0.6 is 0 Å². The van der Waals surface area contributed by atoms with E-state index in [1.54, 1.807) is 11.8 Å².